The standard InChI is InChI=1S/C30H35N4O6P/c1-40-24-14-12-23(13-15-24)17-27(36)34-29(18-22-10-6-3-7-11-22)41(39)20-28(37)33-25(30(38)32-19-26(31)35)16-21-8-4-2-5-9-21/h2-15,25,29,39H,16-20H2,1H3,(H2,31,35)(H,32,38)(H,33,37)(H,34,36). The van der Waals surface area contributed by atoms with Gasteiger partial charge in [0.05, 0.1) is 40.2 Å². The van der Waals surface area contributed by atoms with E-state index in [1.807, 2.05) is 60.7 Å². The van der Waals surface area contributed by atoms with Crippen molar-refractivity contribution in [3.63, 3.8) is 0 Å². The van der Waals surface area contributed by atoms with Gasteiger partial charge in [0, 0.05) is 6.42 Å². The summed E-state index contributed by atoms with van der Waals surface area (Å²) >= 11 is 0. The summed E-state index contributed by atoms with van der Waals surface area (Å²) in [4.78, 5) is 61.0. The molecule has 6 N–H and O–H groups in total. The van der Waals surface area contributed by atoms with Crippen molar-refractivity contribution >= 4 is 31.8 Å². The molecule has 10 nitrogen and oxygen atoms in total. The van der Waals surface area contributed by atoms with Crippen molar-refractivity contribution in [2.75, 3.05) is 19.8 Å². The number of hydrogen-bond acceptors (Lipinski definition) is 6. The molecule has 0 aromatic heterocycles. The van der Waals surface area contributed by atoms with Gasteiger partial charge in [0.1, 0.15) is 11.8 Å². The fourth-order valence-corrected chi connectivity index (χ4v) is 5.41. The van der Waals surface area contributed by atoms with Crippen LogP contribution in [0.5, 0.6) is 5.75 Å². The quantitative estimate of drug-likeness (QED) is 0.172. The largest absolute Gasteiger partial charge is 0.497 e. The highest BCUT2D eigenvalue weighted by atomic mass is 31.1. The number of nitrogens with one attached hydrogen (secondary N) is 3. The van der Waals surface area contributed by atoms with Crippen molar-refractivity contribution in [3.05, 3.63) is 102 Å². The molecule has 3 atom stereocenters. The molecule has 41 heavy (non-hydrogen) atoms. The van der Waals surface area contributed by atoms with Crippen LogP contribution < -0.4 is 26.4 Å². The molecule has 0 saturated carbocycles. The van der Waals surface area contributed by atoms with E-state index in [0.29, 0.717) is 12.2 Å². The third-order valence-corrected chi connectivity index (χ3v) is 7.80. The first-order chi connectivity index (χ1) is 19.7. The Balaban J connectivity index is 1.69. The van der Waals surface area contributed by atoms with E-state index >= 15 is 0 Å². The van der Waals surface area contributed by atoms with Gasteiger partial charge in [-0.2, -0.15) is 0 Å². The predicted molar refractivity (Wildman–Crippen MR) is 157 cm³/mol. The molecule has 11 heteroatoms. The molecule has 0 fully saturated rings. The lowest BCUT2D eigenvalue weighted by atomic mass is 10.1. The van der Waals surface area contributed by atoms with Gasteiger partial charge in [0.2, 0.25) is 23.6 Å². The summed E-state index contributed by atoms with van der Waals surface area (Å²) in [6.07, 6.45) is 0.275. The molecule has 0 aliphatic rings. The smallest absolute Gasteiger partial charge is 0.243 e. The lowest BCUT2D eigenvalue weighted by Gasteiger charge is -2.25. The zero-order valence-electron chi connectivity index (χ0n) is 22.8. The van der Waals surface area contributed by atoms with E-state index < -0.39 is 37.7 Å². The lowest BCUT2D eigenvalue weighted by molar-refractivity contribution is -0.129. The topological polar surface area (TPSA) is 160 Å². The summed E-state index contributed by atoms with van der Waals surface area (Å²) < 4.78 is 5.16. The normalized spacial score (nSPS) is 12.8. The molecule has 0 aliphatic heterocycles. The minimum atomic E-state index is -2.02. The van der Waals surface area contributed by atoms with Crippen LogP contribution in [0.15, 0.2) is 84.9 Å². The van der Waals surface area contributed by atoms with Gasteiger partial charge in [-0.1, -0.05) is 72.8 Å². The van der Waals surface area contributed by atoms with Gasteiger partial charge in [-0.05, 0) is 35.2 Å². The molecular formula is C30H35N4O6P. The van der Waals surface area contributed by atoms with Crippen LogP contribution in [-0.4, -0.2) is 60.2 Å². The van der Waals surface area contributed by atoms with E-state index in [2.05, 4.69) is 16.0 Å². The fraction of sp³-hybridized carbons (Fsp3) is 0.267. The first-order valence-electron chi connectivity index (χ1n) is 13.0. The first-order valence-corrected chi connectivity index (χ1v) is 14.6. The van der Waals surface area contributed by atoms with Gasteiger partial charge in [0.15, 0.2) is 0 Å². The van der Waals surface area contributed by atoms with Crippen molar-refractivity contribution < 1.29 is 28.8 Å². The average Bonchev–Trinajstić information content (AvgIpc) is 2.96. The Bertz CT molecular complexity index is 1290. The molecule has 0 bridgehead atoms. The molecule has 3 aromatic carbocycles. The van der Waals surface area contributed by atoms with E-state index in [9.17, 15) is 24.1 Å². The summed E-state index contributed by atoms with van der Waals surface area (Å²) in [7, 11) is -0.457. The van der Waals surface area contributed by atoms with E-state index in [-0.39, 0.29) is 31.5 Å². The van der Waals surface area contributed by atoms with Crippen LogP contribution in [0.25, 0.3) is 0 Å². The zero-order valence-corrected chi connectivity index (χ0v) is 23.7. The van der Waals surface area contributed by atoms with E-state index in [1.165, 1.54) is 0 Å². The number of nitrogens with two attached hydrogens (primary N) is 1. The molecule has 3 unspecified atom stereocenters. The third kappa shape index (κ3) is 11.0. The maximum atomic E-state index is 13.0. The number of carbonyl (C=O) groups is 4. The summed E-state index contributed by atoms with van der Waals surface area (Å²) in [5, 5.41) is 7.99. The number of hydrogen-bond donors (Lipinski definition) is 5. The van der Waals surface area contributed by atoms with Crippen molar-refractivity contribution in [2.45, 2.75) is 31.1 Å². The van der Waals surface area contributed by atoms with Gasteiger partial charge < -0.3 is 31.3 Å². The Hall–Kier alpha value is -4.27. The molecule has 3 aromatic rings. The van der Waals surface area contributed by atoms with E-state index in [4.69, 9.17) is 10.5 Å². The molecule has 0 radical (unpaired) electrons. The van der Waals surface area contributed by atoms with Gasteiger partial charge in [-0.3, -0.25) is 19.2 Å². The maximum absolute atomic E-state index is 13.0. The second-order valence-corrected chi connectivity index (χ2v) is 11.2. The van der Waals surface area contributed by atoms with Crippen LogP contribution in [0.2, 0.25) is 0 Å². The zero-order chi connectivity index (χ0) is 29.6. The number of amides is 4. The van der Waals surface area contributed by atoms with Crippen LogP contribution in [0, 0.1) is 0 Å². The number of primary amides is 1. The van der Waals surface area contributed by atoms with Crippen LogP contribution in [0.4, 0.5) is 0 Å². The van der Waals surface area contributed by atoms with Crippen molar-refractivity contribution in [1.29, 1.82) is 0 Å². The summed E-state index contributed by atoms with van der Waals surface area (Å²) in [6.45, 7) is -0.369. The van der Waals surface area contributed by atoms with Crippen LogP contribution in [0.3, 0.4) is 0 Å². The molecule has 0 saturated heterocycles. The third-order valence-electron chi connectivity index (χ3n) is 6.16. The second kappa shape index (κ2) is 16.1. The van der Waals surface area contributed by atoms with Crippen LogP contribution >= 0.6 is 8.15 Å². The Kier molecular flexibility index (Phi) is 12.3. The first kappa shape index (κ1) is 31.3. The Morgan fingerprint density at radius 1 is 0.805 bits per heavy atom. The number of benzene rings is 3. The molecule has 0 aliphatic carbocycles. The Labute approximate surface area is 240 Å². The molecule has 3 rings (SSSR count). The number of rotatable bonds is 15. The van der Waals surface area contributed by atoms with Gasteiger partial charge in [0.25, 0.3) is 0 Å². The summed E-state index contributed by atoms with van der Waals surface area (Å²) in [5.74, 6) is -2.18. The molecule has 0 spiro atoms. The lowest BCUT2D eigenvalue weighted by Crippen LogP contribution is -2.50. The van der Waals surface area contributed by atoms with Crippen molar-refractivity contribution in [3.8, 4) is 5.75 Å². The molecule has 4 amide bonds. The molecular weight excluding hydrogens is 543 g/mol. The maximum Gasteiger partial charge on any atom is 0.243 e. The number of carbonyl (C=O) groups excluding carboxylic acids is 4. The van der Waals surface area contributed by atoms with E-state index in [0.717, 1.165) is 16.7 Å². The summed E-state index contributed by atoms with van der Waals surface area (Å²) in [6, 6.07) is 24.5. The summed E-state index contributed by atoms with van der Waals surface area (Å²) in [5.41, 5.74) is 7.60. The Morgan fingerprint density at radius 3 is 1.95 bits per heavy atom. The Morgan fingerprint density at radius 2 is 1.39 bits per heavy atom. The highest BCUT2D eigenvalue weighted by Gasteiger charge is 2.27. The van der Waals surface area contributed by atoms with E-state index in [1.54, 1.807) is 31.4 Å². The van der Waals surface area contributed by atoms with Gasteiger partial charge in [-0.15, -0.1) is 0 Å². The predicted octanol–water partition coefficient (Wildman–Crippen LogP) is 1.64. The van der Waals surface area contributed by atoms with Crippen LogP contribution in [0.1, 0.15) is 16.7 Å². The highest BCUT2D eigenvalue weighted by Crippen LogP contribution is 2.36. The van der Waals surface area contributed by atoms with Crippen molar-refractivity contribution in [1.82, 2.24) is 16.0 Å². The van der Waals surface area contributed by atoms with Crippen LogP contribution in [-0.2, 0) is 38.4 Å². The minimum absolute atomic E-state index is 0.0871. The average molecular weight is 579 g/mol. The molecule has 0 heterocycles. The SMILES string of the molecule is COc1ccc(CC(=O)NC(Cc2ccccc2)P(O)CC(=O)NC(Cc2ccccc2)C(=O)NCC(N)=O)cc1. The number of ether oxygens (including phenoxy) is 1. The van der Waals surface area contributed by atoms with Gasteiger partial charge in [-0.25, -0.2) is 0 Å². The minimum Gasteiger partial charge on any atom is -0.497 e. The molecule has 216 valence electrons. The van der Waals surface area contributed by atoms with Gasteiger partial charge >= 0.3 is 0 Å². The van der Waals surface area contributed by atoms with Crippen molar-refractivity contribution in [2.24, 2.45) is 5.73 Å². The second-order valence-electron chi connectivity index (χ2n) is 9.39. The monoisotopic (exact) mass is 578 g/mol. The fourth-order valence-electron chi connectivity index (χ4n) is 4.09. The highest BCUT2D eigenvalue weighted by molar-refractivity contribution is 7.53. The number of methoxy groups -OCH3 is 1.